The molecule has 2 rings (SSSR count). The Labute approximate surface area is 122 Å². The van der Waals surface area contributed by atoms with Crippen molar-refractivity contribution in [3.05, 3.63) is 28.8 Å². The van der Waals surface area contributed by atoms with Crippen molar-refractivity contribution in [2.45, 2.75) is 30.7 Å². The van der Waals surface area contributed by atoms with Crippen LogP contribution < -0.4 is 4.74 Å². The Hall–Kier alpha value is -0.250. The molecule has 0 spiro atoms. The zero-order valence-corrected chi connectivity index (χ0v) is 13.0. The average molecular weight is 334 g/mol. The minimum Gasteiger partial charge on any atom is -0.497 e. The summed E-state index contributed by atoms with van der Waals surface area (Å²) in [6.07, 6.45) is 2.45. The molecule has 0 amide bonds. The van der Waals surface area contributed by atoms with Crippen molar-refractivity contribution in [3.8, 4) is 5.75 Å². The van der Waals surface area contributed by atoms with Crippen LogP contribution in [0, 0.1) is 5.92 Å². The number of benzene rings is 1. The SMILES string of the molecule is CCC1OCCC1C(Br)c1ccc(OC)cc1Cl. The normalized spacial score (nSPS) is 25.1. The van der Waals surface area contributed by atoms with Crippen molar-refractivity contribution in [2.75, 3.05) is 13.7 Å². The minimum absolute atomic E-state index is 0.239. The lowest BCUT2D eigenvalue weighted by Crippen LogP contribution is -2.19. The Balaban J connectivity index is 2.20. The van der Waals surface area contributed by atoms with E-state index in [-0.39, 0.29) is 4.83 Å². The van der Waals surface area contributed by atoms with Crippen LogP contribution >= 0.6 is 27.5 Å². The van der Waals surface area contributed by atoms with Gasteiger partial charge in [-0.15, -0.1) is 0 Å². The van der Waals surface area contributed by atoms with Gasteiger partial charge in [0.05, 0.1) is 13.2 Å². The van der Waals surface area contributed by atoms with Gasteiger partial charge < -0.3 is 9.47 Å². The highest BCUT2D eigenvalue weighted by Crippen LogP contribution is 2.43. The van der Waals surface area contributed by atoms with Crippen LogP contribution in [-0.4, -0.2) is 19.8 Å². The molecule has 1 saturated heterocycles. The van der Waals surface area contributed by atoms with Crippen LogP contribution in [0.2, 0.25) is 5.02 Å². The second-order valence-electron chi connectivity index (χ2n) is 4.56. The van der Waals surface area contributed by atoms with Gasteiger partial charge in [-0.25, -0.2) is 0 Å². The number of halogens is 2. The van der Waals surface area contributed by atoms with Crippen molar-refractivity contribution in [2.24, 2.45) is 5.92 Å². The van der Waals surface area contributed by atoms with Crippen molar-refractivity contribution in [3.63, 3.8) is 0 Å². The number of ether oxygens (including phenoxy) is 2. The summed E-state index contributed by atoms with van der Waals surface area (Å²) < 4.78 is 10.9. The maximum absolute atomic E-state index is 6.32. The summed E-state index contributed by atoms with van der Waals surface area (Å²) in [7, 11) is 1.65. The number of alkyl halides is 1. The molecule has 1 aliphatic heterocycles. The van der Waals surface area contributed by atoms with E-state index < -0.39 is 0 Å². The molecule has 1 aromatic carbocycles. The van der Waals surface area contributed by atoms with Crippen LogP contribution in [0.15, 0.2) is 18.2 Å². The van der Waals surface area contributed by atoms with Gasteiger partial charge in [-0.2, -0.15) is 0 Å². The van der Waals surface area contributed by atoms with E-state index in [0.29, 0.717) is 12.0 Å². The van der Waals surface area contributed by atoms with Gasteiger partial charge in [0.15, 0.2) is 0 Å². The minimum atomic E-state index is 0.239. The molecule has 0 aliphatic carbocycles. The molecule has 18 heavy (non-hydrogen) atoms. The molecule has 1 aromatic rings. The molecule has 3 unspecified atom stereocenters. The van der Waals surface area contributed by atoms with Crippen LogP contribution in [0.3, 0.4) is 0 Å². The molecule has 4 heteroatoms. The third-order valence-corrected chi connectivity index (χ3v) is 5.04. The summed E-state index contributed by atoms with van der Waals surface area (Å²) in [4.78, 5) is 0.239. The molecule has 1 fully saturated rings. The fourth-order valence-corrected chi connectivity index (χ4v) is 3.93. The summed E-state index contributed by atoms with van der Waals surface area (Å²) >= 11 is 10.1. The predicted molar refractivity (Wildman–Crippen MR) is 77.8 cm³/mol. The zero-order chi connectivity index (χ0) is 13.1. The van der Waals surface area contributed by atoms with Crippen molar-refractivity contribution in [1.29, 1.82) is 0 Å². The molecule has 100 valence electrons. The lowest BCUT2D eigenvalue weighted by molar-refractivity contribution is 0.0873. The quantitative estimate of drug-likeness (QED) is 0.750. The van der Waals surface area contributed by atoms with Crippen molar-refractivity contribution >= 4 is 27.5 Å². The van der Waals surface area contributed by atoms with E-state index in [1.807, 2.05) is 18.2 Å². The second kappa shape index (κ2) is 6.27. The maximum Gasteiger partial charge on any atom is 0.120 e. The molecule has 1 aliphatic rings. The predicted octanol–water partition coefficient (Wildman–Crippen LogP) is 4.60. The van der Waals surface area contributed by atoms with E-state index in [2.05, 4.69) is 22.9 Å². The van der Waals surface area contributed by atoms with Gasteiger partial charge in [0.2, 0.25) is 0 Å². The van der Waals surface area contributed by atoms with Gasteiger partial charge in [-0.05, 0) is 30.5 Å². The Bertz CT molecular complexity index is 411. The second-order valence-corrected chi connectivity index (χ2v) is 5.95. The van der Waals surface area contributed by atoms with Crippen LogP contribution in [0.25, 0.3) is 0 Å². The Morgan fingerprint density at radius 3 is 2.94 bits per heavy atom. The van der Waals surface area contributed by atoms with Crippen LogP contribution in [-0.2, 0) is 4.74 Å². The summed E-state index contributed by atoms with van der Waals surface area (Å²) in [5.74, 6) is 1.28. The fraction of sp³-hybridized carbons (Fsp3) is 0.571. The van der Waals surface area contributed by atoms with Crippen molar-refractivity contribution in [1.82, 2.24) is 0 Å². The molecule has 0 N–H and O–H groups in total. The molecule has 1 heterocycles. The number of hydrogen-bond donors (Lipinski definition) is 0. The number of hydrogen-bond acceptors (Lipinski definition) is 2. The van der Waals surface area contributed by atoms with Gasteiger partial charge >= 0.3 is 0 Å². The molecule has 0 radical (unpaired) electrons. The molecule has 0 saturated carbocycles. The first kappa shape index (κ1) is 14.2. The van der Waals surface area contributed by atoms with Gasteiger partial charge in [0.25, 0.3) is 0 Å². The first-order valence-electron chi connectivity index (χ1n) is 6.26. The first-order valence-corrected chi connectivity index (χ1v) is 7.55. The van der Waals surface area contributed by atoms with Crippen LogP contribution in [0.1, 0.15) is 30.2 Å². The Morgan fingerprint density at radius 1 is 1.56 bits per heavy atom. The lowest BCUT2D eigenvalue weighted by Gasteiger charge is -2.23. The van der Waals surface area contributed by atoms with Crippen LogP contribution in [0.5, 0.6) is 5.75 Å². The summed E-state index contributed by atoms with van der Waals surface area (Å²) in [6.45, 7) is 3.01. The van der Waals surface area contributed by atoms with Gasteiger partial charge in [-0.1, -0.05) is 40.5 Å². The Kier molecular flexibility index (Phi) is 4.93. The largest absolute Gasteiger partial charge is 0.497 e. The van der Waals surface area contributed by atoms with Crippen molar-refractivity contribution < 1.29 is 9.47 Å². The molecule has 3 atom stereocenters. The highest BCUT2D eigenvalue weighted by Gasteiger charge is 2.33. The third-order valence-electron chi connectivity index (χ3n) is 3.54. The smallest absolute Gasteiger partial charge is 0.120 e. The molecule has 0 aromatic heterocycles. The van der Waals surface area contributed by atoms with E-state index in [0.717, 1.165) is 35.8 Å². The van der Waals surface area contributed by atoms with Gasteiger partial charge in [-0.3, -0.25) is 0 Å². The molecule has 0 bridgehead atoms. The highest BCUT2D eigenvalue weighted by atomic mass is 79.9. The van der Waals surface area contributed by atoms with Gasteiger partial charge in [0, 0.05) is 22.4 Å². The summed E-state index contributed by atoms with van der Waals surface area (Å²) in [5, 5.41) is 0.748. The monoisotopic (exact) mass is 332 g/mol. The van der Waals surface area contributed by atoms with E-state index in [9.17, 15) is 0 Å². The molecular formula is C14H18BrClO2. The zero-order valence-electron chi connectivity index (χ0n) is 10.7. The summed E-state index contributed by atoms with van der Waals surface area (Å²) in [5.41, 5.74) is 1.12. The highest BCUT2D eigenvalue weighted by molar-refractivity contribution is 9.09. The average Bonchev–Trinajstić information content (AvgIpc) is 2.86. The molecular weight excluding hydrogens is 316 g/mol. The topological polar surface area (TPSA) is 18.5 Å². The first-order chi connectivity index (χ1) is 8.67. The van der Waals surface area contributed by atoms with E-state index >= 15 is 0 Å². The van der Waals surface area contributed by atoms with E-state index in [4.69, 9.17) is 21.1 Å². The number of methoxy groups -OCH3 is 1. The van der Waals surface area contributed by atoms with Crippen LogP contribution in [0.4, 0.5) is 0 Å². The lowest BCUT2D eigenvalue weighted by atomic mass is 9.92. The maximum atomic E-state index is 6.32. The van der Waals surface area contributed by atoms with E-state index in [1.165, 1.54) is 0 Å². The number of rotatable bonds is 4. The summed E-state index contributed by atoms with van der Waals surface area (Å²) in [6, 6.07) is 5.85. The fourth-order valence-electron chi connectivity index (χ4n) is 2.51. The van der Waals surface area contributed by atoms with E-state index in [1.54, 1.807) is 7.11 Å². The molecule has 2 nitrogen and oxygen atoms in total. The van der Waals surface area contributed by atoms with Gasteiger partial charge in [0.1, 0.15) is 5.75 Å². The standard InChI is InChI=1S/C14H18BrClO2/c1-3-13-11(6-7-18-13)14(15)10-5-4-9(17-2)8-12(10)16/h4-5,8,11,13-14H,3,6-7H2,1-2H3. The Morgan fingerprint density at radius 2 is 2.33 bits per heavy atom. The third kappa shape index (κ3) is 2.84.